The van der Waals surface area contributed by atoms with E-state index in [1.165, 1.54) is 32.6 Å². The van der Waals surface area contributed by atoms with E-state index in [0.717, 1.165) is 6.42 Å². The Morgan fingerprint density at radius 3 is 2.57 bits per heavy atom. The van der Waals surface area contributed by atoms with Gasteiger partial charge in [0.15, 0.2) is 0 Å². The summed E-state index contributed by atoms with van der Waals surface area (Å²) >= 11 is 2.01. The van der Waals surface area contributed by atoms with Crippen molar-refractivity contribution in [2.75, 3.05) is 0 Å². The summed E-state index contributed by atoms with van der Waals surface area (Å²) in [5, 5.41) is 1.93. The monoisotopic (exact) mass is 293 g/mol. The van der Waals surface area contributed by atoms with Crippen LogP contribution in [0.1, 0.15) is 41.8 Å². The van der Waals surface area contributed by atoms with Crippen molar-refractivity contribution < 1.29 is 0 Å². The number of H-pyrrole nitrogens is 1. The van der Waals surface area contributed by atoms with Crippen LogP contribution in [0.2, 0.25) is 0 Å². The molecule has 1 unspecified atom stereocenters. The summed E-state index contributed by atoms with van der Waals surface area (Å²) in [5.74, 6) is 0.604. The second kappa shape index (κ2) is 4.96. The van der Waals surface area contributed by atoms with E-state index < -0.39 is 0 Å². The molecule has 1 aromatic heterocycles. The molecule has 1 N–H and O–H groups in total. The van der Waals surface area contributed by atoms with Crippen LogP contribution in [-0.2, 0) is 6.42 Å². The number of para-hydroxylation sites is 1. The minimum Gasteiger partial charge on any atom is -0.357 e. The summed E-state index contributed by atoms with van der Waals surface area (Å²) in [6.07, 6.45) is 1.11. The van der Waals surface area contributed by atoms with Gasteiger partial charge in [-0.1, -0.05) is 56.3 Å². The number of benzene rings is 2. The van der Waals surface area contributed by atoms with Crippen LogP contribution in [-0.4, -0.2) is 4.98 Å². The van der Waals surface area contributed by atoms with Crippen LogP contribution in [0.25, 0.3) is 10.9 Å². The maximum absolute atomic E-state index is 3.58. The number of nitrogens with one attached hydrogen (secondary N) is 1. The van der Waals surface area contributed by atoms with E-state index >= 15 is 0 Å². The Hall–Kier alpha value is -1.67. The quantitative estimate of drug-likeness (QED) is 0.642. The molecule has 3 aromatic rings. The van der Waals surface area contributed by atoms with E-state index in [4.69, 9.17) is 0 Å². The zero-order valence-corrected chi connectivity index (χ0v) is 13.2. The first-order valence-electron chi connectivity index (χ1n) is 7.58. The largest absolute Gasteiger partial charge is 0.357 e. The highest BCUT2D eigenvalue weighted by Crippen LogP contribution is 2.49. The molecule has 1 nitrogen and oxygen atoms in total. The van der Waals surface area contributed by atoms with Gasteiger partial charge < -0.3 is 4.98 Å². The first kappa shape index (κ1) is 13.0. The van der Waals surface area contributed by atoms with Crippen LogP contribution >= 0.6 is 11.8 Å². The summed E-state index contributed by atoms with van der Waals surface area (Å²) in [7, 11) is 0. The van der Waals surface area contributed by atoms with Crippen molar-refractivity contribution >= 4 is 22.7 Å². The van der Waals surface area contributed by atoms with Crippen LogP contribution in [0.5, 0.6) is 0 Å². The number of rotatable bonds is 2. The molecule has 0 radical (unpaired) electrons. The summed E-state index contributed by atoms with van der Waals surface area (Å²) in [6.45, 7) is 4.49. The lowest BCUT2D eigenvalue weighted by Crippen LogP contribution is -1.95. The van der Waals surface area contributed by atoms with E-state index in [0.29, 0.717) is 11.2 Å². The minimum absolute atomic E-state index is 0.553. The third kappa shape index (κ3) is 2.18. The van der Waals surface area contributed by atoms with Crippen molar-refractivity contribution in [3.05, 3.63) is 65.4 Å². The van der Waals surface area contributed by atoms with Gasteiger partial charge in [-0.3, -0.25) is 0 Å². The van der Waals surface area contributed by atoms with Crippen molar-refractivity contribution in [3.63, 3.8) is 0 Å². The van der Waals surface area contributed by atoms with Gasteiger partial charge in [0.05, 0.1) is 0 Å². The zero-order chi connectivity index (χ0) is 14.4. The average Bonchev–Trinajstić information content (AvgIpc) is 3.05. The Labute approximate surface area is 129 Å². The molecule has 2 aromatic carbocycles. The van der Waals surface area contributed by atoms with Crippen molar-refractivity contribution in [2.45, 2.75) is 36.3 Å². The van der Waals surface area contributed by atoms with Crippen LogP contribution in [0.4, 0.5) is 0 Å². The van der Waals surface area contributed by atoms with Gasteiger partial charge in [0.2, 0.25) is 0 Å². The van der Waals surface area contributed by atoms with Crippen molar-refractivity contribution in [1.29, 1.82) is 0 Å². The summed E-state index contributed by atoms with van der Waals surface area (Å²) in [6, 6.07) is 17.8. The summed E-state index contributed by atoms with van der Waals surface area (Å²) in [4.78, 5) is 5.03. The number of aromatic nitrogens is 1. The molecular weight excluding hydrogens is 274 g/mol. The van der Waals surface area contributed by atoms with E-state index in [9.17, 15) is 0 Å². The standard InChI is InChI=1S/C19H19NS/c1-12(2)13-7-9-14(10-8-13)18-11-17-19(21-18)15-5-3-4-6-16(15)20-17/h3-10,12,18,20H,11H2,1-2H3. The highest BCUT2D eigenvalue weighted by Gasteiger charge is 2.27. The molecular formula is C19H19NS. The van der Waals surface area contributed by atoms with Crippen molar-refractivity contribution in [3.8, 4) is 0 Å². The van der Waals surface area contributed by atoms with E-state index in [2.05, 4.69) is 67.4 Å². The number of thioether (sulfide) groups is 1. The Morgan fingerprint density at radius 1 is 1.05 bits per heavy atom. The fourth-order valence-corrected chi connectivity index (χ4v) is 4.51. The van der Waals surface area contributed by atoms with Gasteiger partial charge in [0.25, 0.3) is 0 Å². The Kier molecular flexibility index (Phi) is 3.07. The molecule has 0 bridgehead atoms. The normalized spacial score (nSPS) is 17.6. The van der Waals surface area contributed by atoms with Gasteiger partial charge in [-0.2, -0.15) is 0 Å². The van der Waals surface area contributed by atoms with Crippen LogP contribution < -0.4 is 0 Å². The third-order valence-corrected chi connectivity index (χ3v) is 5.78. The molecule has 106 valence electrons. The van der Waals surface area contributed by atoms with E-state index in [-0.39, 0.29) is 0 Å². The predicted octanol–water partition coefficient (Wildman–Crippen LogP) is 5.68. The van der Waals surface area contributed by atoms with Crippen molar-refractivity contribution in [2.24, 2.45) is 0 Å². The van der Waals surface area contributed by atoms with Gasteiger partial charge in [-0.15, -0.1) is 11.8 Å². The molecule has 0 fully saturated rings. The number of hydrogen-bond acceptors (Lipinski definition) is 1. The lowest BCUT2D eigenvalue weighted by Gasteiger charge is -2.12. The Morgan fingerprint density at radius 2 is 1.81 bits per heavy atom. The zero-order valence-electron chi connectivity index (χ0n) is 12.4. The maximum Gasteiger partial charge on any atom is 0.0467 e. The second-order valence-corrected chi connectivity index (χ2v) is 7.32. The smallest absolute Gasteiger partial charge is 0.0467 e. The SMILES string of the molecule is CC(C)c1ccc(C2Cc3[nH]c4ccccc4c3S2)cc1. The van der Waals surface area contributed by atoms with E-state index in [1.54, 1.807) is 0 Å². The summed E-state index contributed by atoms with van der Waals surface area (Å²) < 4.78 is 0. The average molecular weight is 293 g/mol. The van der Waals surface area contributed by atoms with Crippen LogP contribution in [0.15, 0.2) is 53.4 Å². The Balaban J connectivity index is 1.64. The highest BCUT2D eigenvalue weighted by atomic mass is 32.2. The molecule has 21 heavy (non-hydrogen) atoms. The molecule has 1 aliphatic heterocycles. The molecule has 2 heteroatoms. The lowest BCUT2D eigenvalue weighted by molar-refractivity contribution is 0.861. The van der Waals surface area contributed by atoms with E-state index in [1.807, 2.05) is 11.8 Å². The van der Waals surface area contributed by atoms with Gasteiger partial charge in [-0.05, 0) is 23.1 Å². The van der Waals surface area contributed by atoms with Crippen LogP contribution in [0.3, 0.4) is 0 Å². The van der Waals surface area contributed by atoms with Gasteiger partial charge in [0, 0.05) is 33.2 Å². The fourth-order valence-electron chi connectivity index (χ4n) is 3.10. The predicted molar refractivity (Wildman–Crippen MR) is 91.1 cm³/mol. The molecule has 1 aliphatic rings. The molecule has 0 saturated carbocycles. The summed E-state index contributed by atoms with van der Waals surface area (Å²) in [5.41, 5.74) is 5.53. The van der Waals surface area contributed by atoms with Gasteiger partial charge in [-0.25, -0.2) is 0 Å². The molecule has 0 spiro atoms. The molecule has 0 aliphatic carbocycles. The first-order chi connectivity index (χ1) is 10.2. The van der Waals surface area contributed by atoms with Crippen molar-refractivity contribution in [1.82, 2.24) is 4.98 Å². The molecule has 0 amide bonds. The Bertz CT molecular complexity index is 783. The number of fused-ring (bicyclic) bond motifs is 3. The third-order valence-electron chi connectivity index (χ3n) is 4.36. The maximum atomic E-state index is 3.58. The molecule has 1 atom stereocenters. The fraction of sp³-hybridized carbons (Fsp3) is 0.263. The molecule has 4 rings (SSSR count). The van der Waals surface area contributed by atoms with Gasteiger partial charge in [0.1, 0.15) is 0 Å². The first-order valence-corrected chi connectivity index (χ1v) is 8.46. The van der Waals surface area contributed by atoms with Gasteiger partial charge >= 0.3 is 0 Å². The molecule has 2 heterocycles. The molecule has 0 saturated heterocycles. The van der Waals surface area contributed by atoms with Crippen LogP contribution in [0, 0.1) is 0 Å². The number of aromatic amines is 1. The topological polar surface area (TPSA) is 15.8 Å². The second-order valence-electron chi connectivity index (χ2n) is 6.11. The lowest BCUT2D eigenvalue weighted by atomic mass is 10.00. The minimum atomic E-state index is 0.553. The highest BCUT2D eigenvalue weighted by molar-refractivity contribution is 8.00. The number of hydrogen-bond donors (Lipinski definition) is 1.